The highest BCUT2D eigenvalue weighted by molar-refractivity contribution is 7.88. The van der Waals surface area contributed by atoms with Crippen LogP contribution in [0.2, 0.25) is 0 Å². The standard InChI is InChI=1S/C29H48N2O3S.ClH/c1-17-12-26-27(30-16-17)19(3)29(34-26)11-9-22-23-7-6-20-13-21(31-35(5,32)33)8-10-28(20,4)25(23)14-24(22)18(2)15-29;/h17,19-23,25-27,30-31H,6-16H2,1-5H3;1H. The van der Waals surface area contributed by atoms with E-state index in [2.05, 4.69) is 37.7 Å². The minimum Gasteiger partial charge on any atom is -0.369 e. The van der Waals surface area contributed by atoms with Gasteiger partial charge in [-0.2, -0.15) is 0 Å². The number of rotatable bonds is 2. The van der Waals surface area contributed by atoms with E-state index >= 15 is 0 Å². The minimum atomic E-state index is -3.13. The normalized spacial score (nSPS) is 50.5. The molecule has 3 saturated carbocycles. The van der Waals surface area contributed by atoms with Gasteiger partial charge in [0.1, 0.15) is 0 Å². The van der Waals surface area contributed by atoms with Gasteiger partial charge in [-0.1, -0.05) is 31.9 Å². The molecule has 2 heterocycles. The molecule has 0 aromatic heterocycles. The quantitative estimate of drug-likeness (QED) is 0.457. The molecular formula is C29H49ClN2O3S. The summed E-state index contributed by atoms with van der Waals surface area (Å²) in [5.41, 5.74) is 3.83. The first-order valence-corrected chi connectivity index (χ1v) is 16.5. The first-order valence-electron chi connectivity index (χ1n) is 14.6. The van der Waals surface area contributed by atoms with Crippen LogP contribution in [-0.2, 0) is 14.8 Å². The number of ether oxygens (including phenoxy) is 1. The Balaban J connectivity index is 0.00000267. The van der Waals surface area contributed by atoms with Crippen LogP contribution in [0.3, 0.4) is 0 Å². The van der Waals surface area contributed by atoms with E-state index in [9.17, 15) is 8.42 Å². The van der Waals surface area contributed by atoms with Gasteiger partial charge in [0.05, 0.1) is 18.0 Å². The van der Waals surface area contributed by atoms with Gasteiger partial charge in [0.15, 0.2) is 0 Å². The summed E-state index contributed by atoms with van der Waals surface area (Å²) in [5.74, 6) is 4.28. The van der Waals surface area contributed by atoms with Crippen molar-refractivity contribution in [2.24, 2.45) is 40.9 Å². The molecule has 6 rings (SSSR count). The monoisotopic (exact) mass is 540 g/mol. The minimum absolute atomic E-state index is 0. The summed E-state index contributed by atoms with van der Waals surface area (Å²) in [5, 5.41) is 3.85. The zero-order chi connectivity index (χ0) is 24.8. The van der Waals surface area contributed by atoms with Crippen molar-refractivity contribution in [1.29, 1.82) is 0 Å². The van der Waals surface area contributed by atoms with Crippen LogP contribution < -0.4 is 10.0 Å². The number of fused-ring (bicyclic) bond motifs is 6. The summed E-state index contributed by atoms with van der Waals surface area (Å²) < 4.78 is 33.7. The third-order valence-electron chi connectivity index (χ3n) is 12.0. The van der Waals surface area contributed by atoms with E-state index in [-0.39, 0.29) is 24.0 Å². The molecule has 11 unspecified atom stereocenters. The number of hydrogen-bond acceptors (Lipinski definition) is 4. The zero-order valence-electron chi connectivity index (χ0n) is 23.0. The van der Waals surface area contributed by atoms with Gasteiger partial charge in [-0.15, -0.1) is 12.4 Å². The Bertz CT molecular complexity index is 1000. The second-order valence-corrected chi connectivity index (χ2v) is 15.8. The van der Waals surface area contributed by atoms with E-state index in [0.717, 1.165) is 43.6 Å². The van der Waals surface area contributed by atoms with Gasteiger partial charge in [-0.25, -0.2) is 13.1 Å². The van der Waals surface area contributed by atoms with Gasteiger partial charge in [-0.3, -0.25) is 0 Å². The molecule has 0 amide bonds. The van der Waals surface area contributed by atoms with Crippen LogP contribution >= 0.6 is 12.4 Å². The topological polar surface area (TPSA) is 67.4 Å². The molecule has 7 heteroatoms. The molecule has 11 atom stereocenters. The summed E-state index contributed by atoms with van der Waals surface area (Å²) in [7, 11) is -3.13. The first-order chi connectivity index (χ1) is 16.5. The Morgan fingerprint density at radius 1 is 1.08 bits per heavy atom. The third-order valence-corrected chi connectivity index (χ3v) is 12.8. The number of sulfonamides is 1. The predicted molar refractivity (Wildman–Crippen MR) is 148 cm³/mol. The summed E-state index contributed by atoms with van der Waals surface area (Å²) in [6, 6.07) is 0.660. The molecule has 0 aromatic rings. The third kappa shape index (κ3) is 4.43. The highest BCUT2D eigenvalue weighted by atomic mass is 35.5. The molecule has 0 bridgehead atoms. The van der Waals surface area contributed by atoms with Crippen molar-refractivity contribution in [3.63, 3.8) is 0 Å². The lowest BCUT2D eigenvalue weighted by atomic mass is 9.52. The Morgan fingerprint density at radius 2 is 1.86 bits per heavy atom. The Morgan fingerprint density at radius 3 is 2.61 bits per heavy atom. The fraction of sp³-hybridized carbons (Fsp3) is 0.931. The van der Waals surface area contributed by atoms with Crippen molar-refractivity contribution in [3.05, 3.63) is 11.1 Å². The highest BCUT2D eigenvalue weighted by Crippen LogP contribution is 2.65. The molecule has 4 aliphatic carbocycles. The van der Waals surface area contributed by atoms with Crippen LogP contribution in [0.1, 0.15) is 91.9 Å². The van der Waals surface area contributed by atoms with Crippen molar-refractivity contribution in [3.8, 4) is 0 Å². The fourth-order valence-corrected chi connectivity index (χ4v) is 11.1. The van der Waals surface area contributed by atoms with E-state index in [1.807, 2.05) is 0 Å². The van der Waals surface area contributed by atoms with Gasteiger partial charge >= 0.3 is 0 Å². The summed E-state index contributed by atoms with van der Waals surface area (Å²) in [6.07, 6.45) is 13.6. The van der Waals surface area contributed by atoms with Gasteiger partial charge in [0, 0.05) is 18.0 Å². The highest BCUT2D eigenvalue weighted by Gasteiger charge is 2.59. The predicted octanol–water partition coefficient (Wildman–Crippen LogP) is 5.45. The van der Waals surface area contributed by atoms with Crippen LogP contribution in [0.5, 0.6) is 0 Å². The van der Waals surface area contributed by atoms with Gasteiger partial charge < -0.3 is 10.1 Å². The van der Waals surface area contributed by atoms with Crippen molar-refractivity contribution in [2.45, 2.75) is 116 Å². The SMILES string of the molecule is CC1=C2CC3C(CCC4CC(NS(C)(=O)=O)CCC43C)C2CCC2(C1)OC1CC(C)CNC1C2C.Cl. The van der Waals surface area contributed by atoms with Crippen LogP contribution in [0.4, 0.5) is 0 Å². The number of hydrogen-bond donors (Lipinski definition) is 2. The van der Waals surface area contributed by atoms with E-state index in [1.54, 1.807) is 11.1 Å². The Hall–Kier alpha value is -0.140. The molecule has 5 nitrogen and oxygen atoms in total. The molecule has 36 heavy (non-hydrogen) atoms. The second-order valence-electron chi connectivity index (χ2n) is 14.0. The molecule has 206 valence electrons. The summed E-state index contributed by atoms with van der Waals surface area (Å²) >= 11 is 0. The van der Waals surface area contributed by atoms with Crippen LogP contribution in [0.25, 0.3) is 0 Å². The average Bonchev–Trinajstić information content (AvgIpc) is 3.23. The molecule has 5 fully saturated rings. The van der Waals surface area contributed by atoms with Crippen molar-refractivity contribution >= 4 is 22.4 Å². The van der Waals surface area contributed by atoms with E-state index in [0.29, 0.717) is 35.3 Å². The average molecular weight is 541 g/mol. The van der Waals surface area contributed by atoms with E-state index in [4.69, 9.17) is 4.74 Å². The Kier molecular flexibility index (Phi) is 7.24. The molecule has 2 saturated heterocycles. The summed E-state index contributed by atoms with van der Waals surface area (Å²) in [6.45, 7) is 11.0. The Labute approximate surface area is 225 Å². The molecule has 2 N–H and O–H groups in total. The molecule has 0 aromatic carbocycles. The van der Waals surface area contributed by atoms with Crippen molar-refractivity contribution in [2.75, 3.05) is 12.8 Å². The van der Waals surface area contributed by atoms with E-state index < -0.39 is 10.0 Å². The maximum absolute atomic E-state index is 11.9. The van der Waals surface area contributed by atoms with Crippen molar-refractivity contribution in [1.82, 2.24) is 10.0 Å². The number of nitrogens with one attached hydrogen (secondary N) is 2. The molecular weight excluding hydrogens is 492 g/mol. The second kappa shape index (κ2) is 9.50. The zero-order valence-corrected chi connectivity index (χ0v) is 24.6. The van der Waals surface area contributed by atoms with Gasteiger partial charge in [0.25, 0.3) is 0 Å². The number of halogens is 1. The first kappa shape index (κ1) is 27.4. The lowest BCUT2D eigenvalue weighted by molar-refractivity contribution is -0.0746. The van der Waals surface area contributed by atoms with Crippen LogP contribution in [0, 0.1) is 40.9 Å². The largest absolute Gasteiger partial charge is 0.369 e. The lowest BCUT2D eigenvalue weighted by Crippen LogP contribution is -2.50. The molecule has 1 spiro atoms. The maximum Gasteiger partial charge on any atom is 0.208 e. The fourth-order valence-electron chi connectivity index (χ4n) is 10.2. The van der Waals surface area contributed by atoms with Gasteiger partial charge in [0.2, 0.25) is 10.0 Å². The molecule has 6 aliphatic rings. The smallest absolute Gasteiger partial charge is 0.208 e. The van der Waals surface area contributed by atoms with Crippen molar-refractivity contribution < 1.29 is 13.2 Å². The van der Waals surface area contributed by atoms with Crippen LogP contribution in [-0.4, -0.2) is 45.0 Å². The maximum atomic E-state index is 11.9. The number of piperidine rings is 1. The number of allylic oxidation sites excluding steroid dienone is 1. The molecule has 0 radical (unpaired) electrons. The van der Waals surface area contributed by atoms with Gasteiger partial charge in [-0.05, 0) is 113 Å². The lowest BCUT2D eigenvalue weighted by Gasteiger charge is -2.54. The summed E-state index contributed by atoms with van der Waals surface area (Å²) in [4.78, 5) is 0. The molecule has 2 aliphatic heterocycles. The van der Waals surface area contributed by atoms with Crippen LogP contribution in [0.15, 0.2) is 11.1 Å². The van der Waals surface area contributed by atoms with E-state index in [1.165, 1.54) is 51.2 Å².